The van der Waals surface area contributed by atoms with Crippen molar-refractivity contribution in [3.8, 4) is 0 Å². The Morgan fingerprint density at radius 2 is 1.85 bits per heavy atom. The number of unbranched alkanes of at least 4 members (excludes halogenated alkanes) is 2. The van der Waals surface area contributed by atoms with Gasteiger partial charge in [-0.15, -0.1) is 5.10 Å². The molecule has 0 bridgehead atoms. The van der Waals surface area contributed by atoms with Crippen molar-refractivity contribution in [3.63, 3.8) is 0 Å². The molecule has 0 aliphatic heterocycles. The minimum Gasteiger partial charge on any atom is -0.323 e. The van der Waals surface area contributed by atoms with Crippen LogP contribution in [0.1, 0.15) is 33.1 Å². The average molecular weight is 397 g/mol. The van der Waals surface area contributed by atoms with E-state index in [4.69, 9.17) is 0 Å². The number of nitrogens with zero attached hydrogens (tertiary/aromatic N) is 5. The molecule has 0 saturated heterocycles. The summed E-state index contributed by atoms with van der Waals surface area (Å²) in [7, 11) is -2.76. The number of carbonyl (C=O) groups is 1. The van der Waals surface area contributed by atoms with Crippen LogP contribution in [-0.2, 0) is 10.0 Å². The Morgan fingerprint density at radius 1 is 1.19 bits per heavy atom. The zero-order valence-electron chi connectivity index (χ0n) is 15.7. The van der Waals surface area contributed by atoms with Gasteiger partial charge >= 0.3 is 16.1 Å². The predicted octanol–water partition coefficient (Wildman–Crippen LogP) is 2.72. The number of anilines is 1. The van der Waals surface area contributed by atoms with Crippen LogP contribution in [0.15, 0.2) is 35.7 Å². The zero-order chi connectivity index (χ0) is 20.0. The number of hydrogen-bond donors (Lipinski definition) is 0. The summed E-state index contributed by atoms with van der Waals surface area (Å²) in [4.78, 5) is 17.9. The van der Waals surface area contributed by atoms with Gasteiger partial charge in [-0.25, -0.2) is 14.2 Å². The fraction of sp³-hybridized carbons (Fsp3) is 0.471. The lowest BCUT2D eigenvalue weighted by Crippen LogP contribution is -2.36. The second-order valence-corrected chi connectivity index (χ2v) is 7.85. The van der Waals surface area contributed by atoms with Crippen molar-refractivity contribution in [1.82, 2.24) is 19.7 Å². The summed E-state index contributed by atoms with van der Waals surface area (Å²) in [5, 5.41) is 3.36. The number of aromatic nitrogens is 3. The standard InChI is InChI=1S/C17H24FN5O3S/c1-4-6-7-12-22(5-2)17(24)23-13-19-16(20-23)27(25,26)21(3)15-10-8-14(18)9-11-15/h8-11,13H,4-7,12H2,1-3H3. The highest BCUT2D eigenvalue weighted by Crippen LogP contribution is 2.20. The Bertz CT molecular complexity index is 867. The van der Waals surface area contributed by atoms with Gasteiger partial charge in [0.25, 0.3) is 5.16 Å². The van der Waals surface area contributed by atoms with Crippen LogP contribution in [0.25, 0.3) is 0 Å². The van der Waals surface area contributed by atoms with Gasteiger partial charge in [0.1, 0.15) is 12.1 Å². The first-order valence-corrected chi connectivity index (χ1v) is 10.2. The van der Waals surface area contributed by atoms with E-state index in [1.807, 2.05) is 6.92 Å². The molecule has 0 fully saturated rings. The van der Waals surface area contributed by atoms with Gasteiger partial charge in [0, 0.05) is 20.1 Å². The molecule has 0 unspecified atom stereocenters. The number of rotatable bonds is 8. The maximum absolute atomic E-state index is 13.0. The van der Waals surface area contributed by atoms with Crippen molar-refractivity contribution in [3.05, 3.63) is 36.4 Å². The number of sulfonamides is 1. The smallest absolute Gasteiger partial charge is 0.323 e. The number of carbonyl (C=O) groups excluding carboxylic acids is 1. The molecule has 0 aliphatic rings. The molecule has 2 aromatic rings. The van der Waals surface area contributed by atoms with E-state index >= 15 is 0 Å². The first-order chi connectivity index (χ1) is 12.8. The Labute approximate surface area is 158 Å². The summed E-state index contributed by atoms with van der Waals surface area (Å²) < 4.78 is 40.3. The Morgan fingerprint density at radius 3 is 2.44 bits per heavy atom. The monoisotopic (exact) mass is 397 g/mol. The lowest BCUT2D eigenvalue weighted by atomic mass is 10.2. The van der Waals surface area contributed by atoms with Crippen molar-refractivity contribution in [1.29, 1.82) is 0 Å². The van der Waals surface area contributed by atoms with Gasteiger partial charge in [-0.05, 0) is 37.6 Å². The second-order valence-electron chi connectivity index (χ2n) is 5.99. The van der Waals surface area contributed by atoms with Gasteiger partial charge in [0.05, 0.1) is 5.69 Å². The normalized spacial score (nSPS) is 11.4. The molecule has 0 aliphatic carbocycles. The van der Waals surface area contributed by atoms with Crippen LogP contribution in [0.3, 0.4) is 0 Å². The van der Waals surface area contributed by atoms with Crippen LogP contribution >= 0.6 is 0 Å². The van der Waals surface area contributed by atoms with E-state index in [-0.39, 0.29) is 5.69 Å². The molecule has 0 radical (unpaired) electrons. The highest BCUT2D eigenvalue weighted by Gasteiger charge is 2.27. The number of amides is 1. The summed E-state index contributed by atoms with van der Waals surface area (Å²) in [5.74, 6) is -0.472. The Hall–Kier alpha value is -2.49. The molecule has 10 heteroatoms. The molecule has 0 atom stereocenters. The number of halogens is 1. The largest absolute Gasteiger partial charge is 0.346 e. The summed E-state index contributed by atoms with van der Waals surface area (Å²) in [5.41, 5.74) is 0.258. The number of benzene rings is 1. The van der Waals surface area contributed by atoms with Crippen molar-refractivity contribution < 1.29 is 17.6 Å². The molecule has 0 spiro atoms. The molecule has 1 heterocycles. The van der Waals surface area contributed by atoms with Gasteiger partial charge in [0.2, 0.25) is 0 Å². The average Bonchev–Trinajstić information content (AvgIpc) is 3.16. The van der Waals surface area contributed by atoms with Crippen LogP contribution in [0.5, 0.6) is 0 Å². The van der Waals surface area contributed by atoms with Crippen molar-refractivity contribution >= 4 is 21.7 Å². The fourth-order valence-electron chi connectivity index (χ4n) is 2.46. The van der Waals surface area contributed by atoms with Gasteiger partial charge in [-0.1, -0.05) is 19.8 Å². The molecule has 27 heavy (non-hydrogen) atoms. The van der Waals surface area contributed by atoms with Gasteiger partial charge in [0.15, 0.2) is 0 Å². The van der Waals surface area contributed by atoms with Crippen molar-refractivity contribution in [2.75, 3.05) is 24.4 Å². The highest BCUT2D eigenvalue weighted by molar-refractivity contribution is 7.92. The van der Waals surface area contributed by atoms with Crippen LogP contribution in [0.2, 0.25) is 0 Å². The Balaban J connectivity index is 2.19. The van der Waals surface area contributed by atoms with E-state index in [1.54, 1.807) is 4.90 Å². The van der Waals surface area contributed by atoms with Crippen LogP contribution in [-0.4, -0.2) is 54.3 Å². The fourth-order valence-corrected chi connectivity index (χ4v) is 3.47. The van der Waals surface area contributed by atoms with E-state index in [2.05, 4.69) is 17.0 Å². The third-order valence-corrected chi connectivity index (χ3v) is 5.71. The highest BCUT2D eigenvalue weighted by atomic mass is 32.2. The minimum absolute atomic E-state index is 0.258. The molecule has 148 valence electrons. The third-order valence-electron chi connectivity index (χ3n) is 4.13. The molecular formula is C17H24FN5O3S. The minimum atomic E-state index is -4.07. The molecule has 0 N–H and O–H groups in total. The van der Waals surface area contributed by atoms with E-state index in [1.165, 1.54) is 19.2 Å². The van der Waals surface area contributed by atoms with Crippen LogP contribution in [0.4, 0.5) is 14.9 Å². The van der Waals surface area contributed by atoms with E-state index in [0.717, 1.165) is 46.7 Å². The Kier molecular flexibility index (Phi) is 6.89. The molecule has 1 aromatic heterocycles. The molecule has 1 aromatic carbocycles. The number of hydrogen-bond acceptors (Lipinski definition) is 5. The van der Waals surface area contributed by atoms with Gasteiger partial charge in [-0.2, -0.15) is 13.1 Å². The molecule has 2 rings (SSSR count). The van der Waals surface area contributed by atoms with E-state index in [0.29, 0.717) is 13.1 Å². The third kappa shape index (κ3) is 4.82. The summed E-state index contributed by atoms with van der Waals surface area (Å²) in [6, 6.07) is 4.56. The molecular weight excluding hydrogens is 373 g/mol. The predicted molar refractivity (Wildman–Crippen MR) is 99.6 cm³/mol. The molecule has 8 nitrogen and oxygen atoms in total. The van der Waals surface area contributed by atoms with Gasteiger partial charge < -0.3 is 4.90 Å². The SMILES string of the molecule is CCCCCN(CC)C(=O)n1cnc(S(=O)(=O)N(C)c2ccc(F)cc2)n1. The quantitative estimate of drug-likeness (QED) is 0.639. The lowest BCUT2D eigenvalue weighted by Gasteiger charge is -2.20. The van der Waals surface area contributed by atoms with Gasteiger partial charge in [-0.3, -0.25) is 4.31 Å². The maximum Gasteiger partial charge on any atom is 0.346 e. The maximum atomic E-state index is 13.0. The van der Waals surface area contributed by atoms with E-state index in [9.17, 15) is 17.6 Å². The van der Waals surface area contributed by atoms with Crippen LogP contribution in [0, 0.1) is 5.82 Å². The molecule has 0 saturated carbocycles. The van der Waals surface area contributed by atoms with E-state index < -0.39 is 27.0 Å². The van der Waals surface area contributed by atoms with Crippen molar-refractivity contribution in [2.24, 2.45) is 0 Å². The molecule has 1 amide bonds. The first kappa shape index (κ1) is 20.8. The summed E-state index contributed by atoms with van der Waals surface area (Å²) in [6.45, 7) is 4.98. The zero-order valence-corrected chi connectivity index (χ0v) is 16.5. The summed E-state index contributed by atoms with van der Waals surface area (Å²) in [6.07, 6.45) is 4.00. The summed E-state index contributed by atoms with van der Waals surface area (Å²) >= 11 is 0. The lowest BCUT2D eigenvalue weighted by molar-refractivity contribution is 0.197. The topological polar surface area (TPSA) is 88.4 Å². The van der Waals surface area contributed by atoms with Crippen LogP contribution < -0.4 is 4.31 Å². The van der Waals surface area contributed by atoms with Crippen molar-refractivity contribution in [2.45, 2.75) is 38.3 Å². The first-order valence-electron chi connectivity index (χ1n) is 8.76. The second kappa shape index (κ2) is 8.94.